The van der Waals surface area contributed by atoms with Crippen LogP contribution in [0.25, 0.3) is 10.9 Å². The molecule has 5 heteroatoms. The first-order chi connectivity index (χ1) is 11.1. The largest absolute Gasteiger partial charge is 0.308 e. The summed E-state index contributed by atoms with van der Waals surface area (Å²) in [5.41, 5.74) is 3.63. The highest BCUT2D eigenvalue weighted by Gasteiger charge is 2.27. The molecular weight excluding hydrogens is 293 g/mol. The van der Waals surface area contributed by atoms with Gasteiger partial charge in [0.2, 0.25) is 0 Å². The Balaban J connectivity index is 1.83. The van der Waals surface area contributed by atoms with Gasteiger partial charge in [-0.15, -0.1) is 0 Å². The molecule has 0 saturated heterocycles. The molecule has 0 fully saturated rings. The Labute approximate surface area is 132 Å². The molecule has 23 heavy (non-hydrogen) atoms. The lowest BCUT2D eigenvalue weighted by atomic mass is 10.1. The number of halogens is 1. The number of fused-ring (bicyclic) bond motifs is 2. The Morgan fingerprint density at radius 3 is 3.00 bits per heavy atom. The van der Waals surface area contributed by atoms with Crippen LogP contribution in [0, 0.1) is 12.7 Å². The lowest BCUT2D eigenvalue weighted by molar-refractivity contribution is 0.0991. The third-order valence-electron chi connectivity index (χ3n) is 4.19. The van der Waals surface area contributed by atoms with Gasteiger partial charge >= 0.3 is 0 Å². The van der Waals surface area contributed by atoms with Gasteiger partial charge in [-0.1, -0.05) is 0 Å². The minimum absolute atomic E-state index is 0.155. The molecule has 0 unspecified atom stereocenters. The van der Waals surface area contributed by atoms with E-state index in [1.54, 1.807) is 23.2 Å². The smallest absolute Gasteiger partial charge is 0.260 e. The summed E-state index contributed by atoms with van der Waals surface area (Å²) in [6, 6.07) is 8.06. The van der Waals surface area contributed by atoms with Crippen molar-refractivity contribution in [3.63, 3.8) is 0 Å². The predicted octanol–water partition coefficient (Wildman–Crippen LogP) is 3.28. The second-order valence-electron chi connectivity index (χ2n) is 5.66. The molecule has 0 aliphatic carbocycles. The molecule has 0 bridgehead atoms. The quantitative estimate of drug-likeness (QED) is 0.693. The monoisotopic (exact) mass is 307 g/mol. The molecule has 1 aliphatic rings. The number of anilines is 1. The number of carbonyl (C=O) groups is 1. The maximum Gasteiger partial charge on any atom is 0.260 e. The minimum atomic E-state index is -0.369. The average Bonchev–Trinajstić information content (AvgIpc) is 2.98. The van der Waals surface area contributed by atoms with Gasteiger partial charge < -0.3 is 4.90 Å². The summed E-state index contributed by atoms with van der Waals surface area (Å²) < 4.78 is 13.9. The molecule has 1 amide bonds. The van der Waals surface area contributed by atoms with Crippen LogP contribution < -0.4 is 4.90 Å². The molecule has 1 aromatic carbocycles. The van der Waals surface area contributed by atoms with Crippen LogP contribution in [0.3, 0.4) is 0 Å². The maximum atomic E-state index is 13.9. The number of amides is 1. The van der Waals surface area contributed by atoms with Gasteiger partial charge in [0.1, 0.15) is 5.82 Å². The summed E-state index contributed by atoms with van der Waals surface area (Å²) in [5.74, 6) is -0.524. The second-order valence-corrected chi connectivity index (χ2v) is 5.66. The molecule has 0 radical (unpaired) electrons. The molecular formula is C18H14FN3O. The first-order valence-electron chi connectivity index (χ1n) is 7.46. The van der Waals surface area contributed by atoms with Crippen molar-refractivity contribution in [2.75, 3.05) is 11.4 Å². The number of nitrogens with zero attached hydrogens (tertiary/aromatic N) is 3. The van der Waals surface area contributed by atoms with Crippen LogP contribution in [0.4, 0.5) is 10.1 Å². The zero-order chi connectivity index (χ0) is 16.0. The fraction of sp³-hybridized carbons (Fsp3) is 0.167. The zero-order valence-corrected chi connectivity index (χ0v) is 12.6. The Hall–Kier alpha value is -2.82. The van der Waals surface area contributed by atoms with E-state index in [4.69, 9.17) is 0 Å². The van der Waals surface area contributed by atoms with E-state index in [0.29, 0.717) is 23.0 Å². The molecule has 0 atom stereocenters. The van der Waals surface area contributed by atoms with E-state index < -0.39 is 0 Å². The van der Waals surface area contributed by atoms with Crippen molar-refractivity contribution in [2.45, 2.75) is 13.3 Å². The molecule has 114 valence electrons. The number of aromatic nitrogens is 2. The van der Waals surface area contributed by atoms with E-state index in [-0.39, 0.29) is 11.7 Å². The van der Waals surface area contributed by atoms with Gasteiger partial charge in [0, 0.05) is 30.0 Å². The van der Waals surface area contributed by atoms with Gasteiger partial charge in [0.05, 0.1) is 16.8 Å². The van der Waals surface area contributed by atoms with Crippen molar-refractivity contribution in [2.24, 2.45) is 0 Å². The molecule has 3 aromatic rings. The van der Waals surface area contributed by atoms with Crippen LogP contribution in [0.2, 0.25) is 0 Å². The molecule has 4 nitrogen and oxygen atoms in total. The Kier molecular flexibility index (Phi) is 3.08. The van der Waals surface area contributed by atoms with Gasteiger partial charge in [-0.25, -0.2) is 4.39 Å². The average molecular weight is 307 g/mol. The highest BCUT2D eigenvalue weighted by molar-refractivity contribution is 6.13. The molecule has 3 heterocycles. The first kappa shape index (κ1) is 13.8. The summed E-state index contributed by atoms with van der Waals surface area (Å²) >= 11 is 0. The lowest BCUT2D eigenvalue weighted by Gasteiger charge is -2.18. The third-order valence-corrected chi connectivity index (χ3v) is 4.19. The summed E-state index contributed by atoms with van der Waals surface area (Å²) in [4.78, 5) is 23.2. The van der Waals surface area contributed by atoms with Gasteiger partial charge in [0.25, 0.3) is 5.91 Å². The van der Waals surface area contributed by atoms with Crippen LogP contribution in [0.5, 0.6) is 0 Å². The van der Waals surface area contributed by atoms with E-state index in [1.165, 1.54) is 12.1 Å². The van der Waals surface area contributed by atoms with Gasteiger partial charge in [-0.3, -0.25) is 14.8 Å². The van der Waals surface area contributed by atoms with Crippen LogP contribution in [0.15, 0.2) is 42.7 Å². The van der Waals surface area contributed by atoms with Crippen molar-refractivity contribution in [1.82, 2.24) is 9.97 Å². The van der Waals surface area contributed by atoms with Crippen LogP contribution in [-0.4, -0.2) is 22.4 Å². The van der Waals surface area contributed by atoms with Crippen molar-refractivity contribution in [3.05, 3.63) is 65.4 Å². The topological polar surface area (TPSA) is 46.1 Å². The standard InChI is InChI=1S/C18H14FN3O/c1-11-9-16-12(10-21-11)6-8-22(16)18(23)14-4-5-15(19)13-3-2-7-20-17(13)14/h2-5,7,9-10H,6,8H2,1H3. The molecule has 0 spiro atoms. The van der Waals surface area contributed by atoms with Gasteiger partial charge in [0.15, 0.2) is 0 Å². The Morgan fingerprint density at radius 2 is 2.13 bits per heavy atom. The Morgan fingerprint density at radius 1 is 1.26 bits per heavy atom. The van der Waals surface area contributed by atoms with Gasteiger partial charge in [-0.05, 0) is 49.2 Å². The molecule has 1 aliphatic heterocycles. The first-order valence-corrected chi connectivity index (χ1v) is 7.46. The zero-order valence-electron chi connectivity index (χ0n) is 12.6. The number of hydrogen-bond donors (Lipinski definition) is 0. The van der Waals surface area contributed by atoms with Crippen LogP contribution in [-0.2, 0) is 6.42 Å². The fourth-order valence-electron chi connectivity index (χ4n) is 3.04. The predicted molar refractivity (Wildman–Crippen MR) is 86.1 cm³/mol. The van der Waals surface area contributed by atoms with Crippen molar-refractivity contribution in [3.8, 4) is 0 Å². The Bertz CT molecular complexity index is 939. The van der Waals surface area contributed by atoms with E-state index in [9.17, 15) is 9.18 Å². The maximum absolute atomic E-state index is 13.9. The van der Waals surface area contributed by atoms with E-state index >= 15 is 0 Å². The second kappa shape index (κ2) is 5.12. The SMILES string of the molecule is Cc1cc2c(cn1)CCN2C(=O)c1ccc(F)c2cccnc12. The van der Waals surface area contributed by atoms with E-state index in [2.05, 4.69) is 9.97 Å². The van der Waals surface area contributed by atoms with E-state index in [0.717, 1.165) is 23.4 Å². The highest BCUT2D eigenvalue weighted by Crippen LogP contribution is 2.30. The summed E-state index contributed by atoms with van der Waals surface area (Å²) in [5, 5.41) is 0.365. The lowest BCUT2D eigenvalue weighted by Crippen LogP contribution is -2.29. The van der Waals surface area contributed by atoms with Crippen molar-refractivity contribution in [1.29, 1.82) is 0 Å². The number of hydrogen-bond acceptors (Lipinski definition) is 3. The van der Waals surface area contributed by atoms with E-state index in [1.807, 2.05) is 19.2 Å². The third kappa shape index (κ3) is 2.16. The molecule has 0 N–H and O–H groups in total. The number of aryl methyl sites for hydroxylation is 1. The minimum Gasteiger partial charge on any atom is -0.308 e. The number of rotatable bonds is 1. The summed E-state index contributed by atoms with van der Waals surface area (Å²) in [6.07, 6.45) is 4.17. The van der Waals surface area contributed by atoms with Crippen LogP contribution in [0.1, 0.15) is 21.6 Å². The number of pyridine rings is 2. The molecule has 0 saturated carbocycles. The number of benzene rings is 1. The highest BCUT2D eigenvalue weighted by atomic mass is 19.1. The number of carbonyl (C=O) groups excluding carboxylic acids is 1. The summed E-state index contributed by atoms with van der Waals surface area (Å²) in [7, 11) is 0. The van der Waals surface area contributed by atoms with Crippen molar-refractivity contribution < 1.29 is 9.18 Å². The fourth-order valence-corrected chi connectivity index (χ4v) is 3.04. The molecule has 2 aromatic heterocycles. The van der Waals surface area contributed by atoms with Crippen molar-refractivity contribution >= 4 is 22.5 Å². The normalized spacial score (nSPS) is 13.4. The van der Waals surface area contributed by atoms with Gasteiger partial charge in [-0.2, -0.15) is 0 Å². The summed E-state index contributed by atoms with van der Waals surface area (Å²) in [6.45, 7) is 2.50. The molecule has 4 rings (SSSR count). The van der Waals surface area contributed by atoms with Crippen LogP contribution >= 0.6 is 0 Å².